The zero-order valence-corrected chi connectivity index (χ0v) is 14.6. The maximum absolute atomic E-state index is 12.6. The molecule has 0 bridgehead atoms. The molecule has 2 heterocycles. The number of nitrogens with one attached hydrogen (secondary N) is 1. The summed E-state index contributed by atoms with van der Waals surface area (Å²) in [5.74, 6) is -0.883. The Balaban J connectivity index is 2.10. The van der Waals surface area contributed by atoms with Crippen LogP contribution in [0.5, 0.6) is 5.75 Å². The number of rotatable bonds is 3. The van der Waals surface area contributed by atoms with Gasteiger partial charge in [0.15, 0.2) is 5.75 Å². The van der Waals surface area contributed by atoms with E-state index in [1.165, 1.54) is 15.9 Å². The number of hydrogen-bond acceptors (Lipinski definition) is 4. The third kappa shape index (κ3) is 2.77. The zero-order chi connectivity index (χ0) is 16.6. The van der Waals surface area contributed by atoms with Crippen LogP contribution in [0.1, 0.15) is 17.3 Å². The average Bonchev–Trinajstić information content (AvgIpc) is 3.00. The van der Waals surface area contributed by atoms with Gasteiger partial charge in [-0.25, -0.2) is 0 Å². The Morgan fingerprint density at radius 3 is 2.65 bits per heavy atom. The average molecular weight is 393 g/mol. The molecule has 0 saturated heterocycles. The topological polar surface area (TPSA) is 71.3 Å². The molecule has 1 aromatic carbocycles. The third-order valence-corrected chi connectivity index (χ3v) is 4.93. The summed E-state index contributed by atoms with van der Waals surface area (Å²) >= 11 is 4.61. The molecule has 0 unspecified atom stereocenters. The number of aromatic nitrogens is 1. The Bertz CT molecular complexity index is 944. The van der Waals surface area contributed by atoms with E-state index in [2.05, 4.69) is 21.2 Å². The Morgan fingerprint density at radius 2 is 2.00 bits per heavy atom. The van der Waals surface area contributed by atoms with Crippen molar-refractivity contribution in [3.8, 4) is 5.75 Å². The van der Waals surface area contributed by atoms with Crippen LogP contribution < -0.4 is 10.9 Å². The van der Waals surface area contributed by atoms with E-state index >= 15 is 0 Å². The third-order valence-electron chi connectivity index (χ3n) is 3.49. The molecular formula is C16H13BrN2O3S. The molecule has 0 aliphatic rings. The molecule has 0 saturated carbocycles. The number of carbonyl (C=O) groups excluding carboxylic acids is 1. The maximum atomic E-state index is 12.6. The maximum Gasteiger partial charge on any atom is 0.267 e. The fourth-order valence-corrected chi connectivity index (χ4v) is 3.51. The summed E-state index contributed by atoms with van der Waals surface area (Å²) in [5.41, 5.74) is 0.460. The van der Waals surface area contributed by atoms with Crippen LogP contribution in [0.25, 0.3) is 10.2 Å². The van der Waals surface area contributed by atoms with Crippen molar-refractivity contribution >= 4 is 49.1 Å². The van der Waals surface area contributed by atoms with Crippen LogP contribution in [0.4, 0.5) is 5.69 Å². The molecule has 0 atom stereocenters. The Morgan fingerprint density at radius 1 is 1.30 bits per heavy atom. The van der Waals surface area contributed by atoms with Gasteiger partial charge < -0.3 is 15.0 Å². The molecule has 0 radical (unpaired) electrons. The summed E-state index contributed by atoms with van der Waals surface area (Å²) in [6.45, 7) is 2.25. The number of carbonyl (C=O) groups is 1. The van der Waals surface area contributed by atoms with E-state index in [4.69, 9.17) is 0 Å². The second kappa shape index (κ2) is 6.17. The smallest absolute Gasteiger partial charge is 0.267 e. The fourth-order valence-electron chi connectivity index (χ4n) is 2.40. The van der Waals surface area contributed by atoms with Crippen LogP contribution in [0, 0.1) is 0 Å². The van der Waals surface area contributed by atoms with E-state index < -0.39 is 11.5 Å². The number of pyridine rings is 1. The van der Waals surface area contributed by atoms with Gasteiger partial charge in [-0.1, -0.05) is 15.9 Å². The predicted molar refractivity (Wildman–Crippen MR) is 95.5 cm³/mol. The Labute approximate surface area is 144 Å². The minimum atomic E-state index is -0.618. The molecule has 23 heavy (non-hydrogen) atoms. The van der Waals surface area contributed by atoms with E-state index in [9.17, 15) is 14.7 Å². The van der Waals surface area contributed by atoms with Crippen LogP contribution >= 0.6 is 27.3 Å². The molecule has 118 valence electrons. The first-order chi connectivity index (χ1) is 11.0. The highest BCUT2D eigenvalue weighted by Crippen LogP contribution is 2.31. The fraction of sp³-hybridized carbons (Fsp3) is 0.125. The van der Waals surface area contributed by atoms with Crippen LogP contribution in [-0.2, 0) is 6.54 Å². The van der Waals surface area contributed by atoms with Gasteiger partial charge in [-0.3, -0.25) is 9.59 Å². The number of hydrogen-bond donors (Lipinski definition) is 2. The van der Waals surface area contributed by atoms with Gasteiger partial charge >= 0.3 is 0 Å². The summed E-state index contributed by atoms with van der Waals surface area (Å²) in [5, 5.41) is 14.8. The molecule has 7 heteroatoms. The van der Waals surface area contributed by atoms with Crippen molar-refractivity contribution in [1.29, 1.82) is 0 Å². The number of nitrogens with zero attached hydrogens (tertiary/aromatic N) is 1. The highest BCUT2D eigenvalue weighted by molar-refractivity contribution is 9.10. The summed E-state index contributed by atoms with van der Waals surface area (Å²) < 4.78 is 2.90. The number of amides is 1. The normalized spacial score (nSPS) is 10.9. The molecule has 0 aliphatic carbocycles. The highest BCUT2D eigenvalue weighted by atomic mass is 79.9. The molecule has 2 N–H and O–H groups in total. The predicted octanol–water partition coefficient (Wildman–Crippen LogP) is 3.80. The van der Waals surface area contributed by atoms with Crippen molar-refractivity contribution in [1.82, 2.24) is 4.57 Å². The number of halogens is 1. The number of thiophene rings is 1. The second-order valence-electron chi connectivity index (χ2n) is 4.87. The number of aromatic hydroxyl groups is 1. The monoisotopic (exact) mass is 392 g/mol. The standard InChI is InChI=1S/C16H13BrN2O3S/c1-2-19-11-7-8-23-14(11)13(20)12(16(19)22)15(21)18-10-5-3-9(17)4-6-10/h3-8,20H,2H2,1H3,(H,18,21). The van der Waals surface area contributed by atoms with Gasteiger partial charge in [0, 0.05) is 16.7 Å². The van der Waals surface area contributed by atoms with Crippen molar-refractivity contribution in [2.45, 2.75) is 13.5 Å². The van der Waals surface area contributed by atoms with Crippen molar-refractivity contribution in [3.63, 3.8) is 0 Å². The number of anilines is 1. The first-order valence-corrected chi connectivity index (χ1v) is 8.60. The van der Waals surface area contributed by atoms with Crippen LogP contribution in [0.15, 0.2) is 45.0 Å². The van der Waals surface area contributed by atoms with Crippen molar-refractivity contribution in [3.05, 3.63) is 56.1 Å². The molecule has 5 nitrogen and oxygen atoms in total. The number of benzene rings is 1. The Hall–Kier alpha value is -2.12. The number of fused-ring (bicyclic) bond motifs is 1. The van der Waals surface area contributed by atoms with Gasteiger partial charge in [0.2, 0.25) is 0 Å². The Kier molecular flexibility index (Phi) is 4.23. The molecule has 3 rings (SSSR count). The van der Waals surface area contributed by atoms with Gasteiger partial charge in [-0.05, 0) is 42.6 Å². The summed E-state index contributed by atoms with van der Waals surface area (Å²) in [7, 11) is 0. The zero-order valence-electron chi connectivity index (χ0n) is 12.2. The molecule has 1 amide bonds. The molecule has 0 aliphatic heterocycles. The first kappa shape index (κ1) is 15.8. The number of aryl methyl sites for hydroxylation is 1. The lowest BCUT2D eigenvalue weighted by Crippen LogP contribution is -2.29. The van der Waals surface area contributed by atoms with E-state index in [-0.39, 0.29) is 11.3 Å². The lowest BCUT2D eigenvalue weighted by Gasteiger charge is -2.11. The van der Waals surface area contributed by atoms with Crippen molar-refractivity contribution in [2.24, 2.45) is 0 Å². The highest BCUT2D eigenvalue weighted by Gasteiger charge is 2.22. The van der Waals surface area contributed by atoms with Gasteiger partial charge in [-0.15, -0.1) is 11.3 Å². The minimum absolute atomic E-state index is 0.232. The van der Waals surface area contributed by atoms with Crippen molar-refractivity contribution < 1.29 is 9.90 Å². The SMILES string of the molecule is CCn1c(=O)c(C(=O)Nc2ccc(Br)cc2)c(O)c2sccc21. The second-order valence-corrected chi connectivity index (χ2v) is 6.70. The molecule has 2 aromatic heterocycles. The summed E-state index contributed by atoms with van der Waals surface area (Å²) in [6.07, 6.45) is 0. The van der Waals surface area contributed by atoms with Gasteiger partial charge in [0.25, 0.3) is 11.5 Å². The quantitative estimate of drug-likeness (QED) is 0.711. The van der Waals surface area contributed by atoms with Gasteiger partial charge in [-0.2, -0.15) is 0 Å². The van der Waals surface area contributed by atoms with Gasteiger partial charge in [0.1, 0.15) is 5.56 Å². The minimum Gasteiger partial charge on any atom is -0.505 e. The van der Waals surface area contributed by atoms with Crippen LogP contribution in [-0.4, -0.2) is 15.6 Å². The molecule has 0 spiro atoms. The van der Waals surface area contributed by atoms with E-state index in [1.54, 1.807) is 35.7 Å². The molecule has 0 fully saturated rings. The molecular weight excluding hydrogens is 380 g/mol. The van der Waals surface area contributed by atoms with E-state index in [0.717, 1.165) is 4.47 Å². The van der Waals surface area contributed by atoms with Gasteiger partial charge in [0.05, 0.1) is 10.2 Å². The largest absolute Gasteiger partial charge is 0.505 e. The lowest BCUT2D eigenvalue weighted by atomic mass is 10.2. The van der Waals surface area contributed by atoms with E-state index in [0.29, 0.717) is 22.4 Å². The van der Waals surface area contributed by atoms with E-state index in [1.807, 2.05) is 6.92 Å². The van der Waals surface area contributed by atoms with Crippen LogP contribution in [0.2, 0.25) is 0 Å². The lowest BCUT2D eigenvalue weighted by molar-refractivity contribution is 0.102. The van der Waals surface area contributed by atoms with Crippen LogP contribution in [0.3, 0.4) is 0 Å². The molecule has 3 aromatic rings. The summed E-state index contributed by atoms with van der Waals surface area (Å²) in [6, 6.07) is 8.74. The van der Waals surface area contributed by atoms with Crippen molar-refractivity contribution in [2.75, 3.05) is 5.32 Å². The summed E-state index contributed by atoms with van der Waals surface area (Å²) in [4.78, 5) is 25.0. The first-order valence-electron chi connectivity index (χ1n) is 6.92.